The lowest BCUT2D eigenvalue weighted by molar-refractivity contribution is 0.267. The molecule has 0 aliphatic carbocycles. The van der Waals surface area contributed by atoms with Crippen LogP contribution >= 0.6 is 0 Å². The Balaban J connectivity index is 2.24. The van der Waals surface area contributed by atoms with E-state index in [9.17, 15) is 0 Å². The van der Waals surface area contributed by atoms with E-state index in [0.717, 1.165) is 6.61 Å². The largest absolute Gasteiger partial charge is 0.354 e. The molecule has 2 nitrogen and oxygen atoms in total. The van der Waals surface area contributed by atoms with E-state index < -0.39 is 0 Å². The van der Waals surface area contributed by atoms with Crippen LogP contribution in [0, 0.1) is 0 Å². The molecule has 2 heteroatoms. The lowest BCUT2D eigenvalue weighted by atomic mass is 10.2. The fraction of sp³-hybridized carbons (Fsp3) is 0.750. The molecular formula is C8H15NO. The normalized spacial score (nSPS) is 34.7. The van der Waals surface area contributed by atoms with Gasteiger partial charge >= 0.3 is 0 Å². The average Bonchev–Trinajstić information content (AvgIpc) is 2.48. The Morgan fingerprint density at radius 2 is 2.30 bits per heavy atom. The van der Waals surface area contributed by atoms with Crippen LogP contribution in [0.1, 0.15) is 20.8 Å². The summed E-state index contributed by atoms with van der Waals surface area (Å²) in [5.41, 5.74) is -0.0288. The molecule has 0 saturated carbocycles. The van der Waals surface area contributed by atoms with Gasteiger partial charge in [0.1, 0.15) is 5.72 Å². The van der Waals surface area contributed by atoms with Crippen LogP contribution in [0.4, 0.5) is 0 Å². The number of epoxide rings is 1. The zero-order chi connectivity index (χ0) is 7.61. The molecule has 1 aliphatic rings. The molecule has 0 radical (unpaired) electrons. The van der Waals surface area contributed by atoms with Crippen LogP contribution in [-0.4, -0.2) is 18.4 Å². The molecule has 1 aliphatic heterocycles. The minimum Gasteiger partial charge on any atom is -0.354 e. The summed E-state index contributed by atoms with van der Waals surface area (Å²) in [5.74, 6) is 0. The van der Waals surface area contributed by atoms with Crippen molar-refractivity contribution in [2.45, 2.75) is 32.5 Å². The smallest absolute Gasteiger partial charge is 0.140 e. The van der Waals surface area contributed by atoms with Crippen molar-refractivity contribution in [3.8, 4) is 0 Å². The molecule has 1 heterocycles. The fourth-order valence-corrected chi connectivity index (χ4v) is 1.01. The summed E-state index contributed by atoms with van der Waals surface area (Å²) < 4.78 is 5.17. The Kier molecular flexibility index (Phi) is 2.11. The standard InChI is InChI=1S/C8H15NO/c1-4-5-7(2)9-8(3)6-10-8/h4-5,7,9H,6H2,1-3H3/b5-4+. The minimum atomic E-state index is -0.0288. The van der Waals surface area contributed by atoms with Gasteiger partial charge in [-0.1, -0.05) is 12.2 Å². The Labute approximate surface area is 62.3 Å². The number of allylic oxidation sites excluding steroid dienone is 1. The van der Waals surface area contributed by atoms with Gasteiger partial charge in [-0.15, -0.1) is 0 Å². The van der Waals surface area contributed by atoms with Crippen LogP contribution < -0.4 is 5.32 Å². The van der Waals surface area contributed by atoms with Gasteiger partial charge in [0, 0.05) is 6.04 Å². The number of ether oxygens (including phenoxy) is 1. The number of nitrogens with one attached hydrogen (secondary N) is 1. The Morgan fingerprint density at radius 1 is 1.70 bits per heavy atom. The van der Waals surface area contributed by atoms with Gasteiger partial charge in [-0.05, 0) is 20.8 Å². The lowest BCUT2D eigenvalue weighted by Crippen LogP contribution is -2.36. The molecule has 1 fully saturated rings. The molecule has 0 aromatic carbocycles. The Morgan fingerprint density at radius 3 is 2.70 bits per heavy atom. The quantitative estimate of drug-likeness (QED) is 0.473. The number of hydrogen-bond donors (Lipinski definition) is 1. The van der Waals surface area contributed by atoms with Crippen LogP contribution in [0.15, 0.2) is 12.2 Å². The zero-order valence-electron chi connectivity index (χ0n) is 6.85. The molecule has 2 unspecified atom stereocenters. The topological polar surface area (TPSA) is 24.6 Å². The molecule has 0 spiro atoms. The van der Waals surface area contributed by atoms with E-state index in [4.69, 9.17) is 4.74 Å². The van der Waals surface area contributed by atoms with Crippen LogP contribution in [0.2, 0.25) is 0 Å². The van der Waals surface area contributed by atoms with Crippen LogP contribution in [0.25, 0.3) is 0 Å². The van der Waals surface area contributed by atoms with Gasteiger partial charge in [-0.25, -0.2) is 0 Å². The van der Waals surface area contributed by atoms with Gasteiger partial charge in [0.25, 0.3) is 0 Å². The fourth-order valence-electron chi connectivity index (χ4n) is 1.01. The lowest BCUT2D eigenvalue weighted by Gasteiger charge is -2.12. The maximum Gasteiger partial charge on any atom is 0.140 e. The van der Waals surface area contributed by atoms with Gasteiger partial charge < -0.3 is 4.74 Å². The predicted molar refractivity (Wildman–Crippen MR) is 41.8 cm³/mol. The van der Waals surface area contributed by atoms with Crippen molar-refractivity contribution in [2.24, 2.45) is 0 Å². The molecular weight excluding hydrogens is 126 g/mol. The summed E-state index contributed by atoms with van der Waals surface area (Å²) in [7, 11) is 0. The molecule has 1 N–H and O–H groups in total. The second kappa shape index (κ2) is 2.72. The van der Waals surface area contributed by atoms with E-state index in [2.05, 4.69) is 25.2 Å². The van der Waals surface area contributed by atoms with E-state index in [0.29, 0.717) is 6.04 Å². The first-order valence-corrected chi connectivity index (χ1v) is 3.71. The van der Waals surface area contributed by atoms with E-state index >= 15 is 0 Å². The van der Waals surface area contributed by atoms with Crippen molar-refractivity contribution in [3.63, 3.8) is 0 Å². The van der Waals surface area contributed by atoms with Crippen molar-refractivity contribution in [2.75, 3.05) is 6.61 Å². The third-order valence-electron chi connectivity index (χ3n) is 1.59. The molecule has 58 valence electrons. The predicted octanol–water partition coefficient (Wildman–Crippen LogP) is 1.29. The van der Waals surface area contributed by atoms with Crippen molar-refractivity contribution in [1.29, 1.82) is 0 Å². The highest BCUT2D eigenvalue weighted by Crippen LogP contribution is 2.22. The highest BCUT2D eigenvalue weighted by atomic mass is 16.6. The van der Waals surface area contributed by atoms with E-state index in [1.165, 1.54) is 0 Å². The molecule has 10 heavy (non-hydrogen) atoms. The van der Waals surface area contributed by atoms with Gasteiger partial charge in [-0.3, -0.25) is 5.32 Å². The van der Waals surface area contributed by atoms with Crippen LogP contribution in [0.5, 0.6) is 0 Å². The Bertz CT molecular complexity index is 138. The number of rotatable bonds is 3. The monoisotopic (exact) mass is 141 g/mol. The molecule has 1 saturated heterocycles. The van der Waals surface area contributed by atoms with Gasteiger partial charge in [-0.2, -0.15) is 0 Å². The summed E-state index contributed by atoms with van der Waals surface area (Å²) in [4.78, 5) is 0. The Hall–Kier alpha value is -0.340. The maximum absolute atomic E-state index is 5.17. The third-order valence-corrected chi connectivity index (χ3v) is 1.59. The molecule has 2 atom stereocenters. The second-order valence-electron chi connectivity index (χ2n) is 2.98. The van der Waals surface area contributed by atoms with Gasteiger partial charge in [0.15, 0.2) is 0 Å². The summed E-state index contributed by atoms with van der Waals surface area (Å²) >= 11 is 0. The molecule has 0 aromatic rings. The molecule has 0 aromatic heterocycles. The summed E-state index contributed by atoms with van der Waals surface area (Å²) in [6.07, 6.45) is 4.16. The maximum atomic E-state index is 5.17. The van der Waals surface area contributed by atoms with Crippen molar-refractivity contribution in [3.05, 3.63) is 12.2 Å². The summed E-state index contributed by atoms with van der Waals surface area (Å²) in [6, 6.07) is 0.414. The van der Waals surface area contributed by atoms with Gasteiger partial charge in [0.05, 0.1) is 6.61 Å². The van der Waals surface area contributed by atoms with Crippen LogP contribution in [-0.2, 0) is 4.74 Å². The molecule has 1 rings (SSSR count). The first kappa shape index (κ1) is 7.76. The van der Waals surface area contributed by atoms with E-state index in [1.54, 1.807) is 0 Å². The second-order valence-corrected chi connectivity index (χ2v) is 2.98. The van der Waals surface area contributed by atoms with E-state index in [1.807, 2.05) is 13.0 Å². The SMILES string of the molecule is C/C=C/C(C)NC1(C)CO1. The first-order chi connectivity index (χ1) is 4.66. The highest BCUT2D eigenvalue weighted by Gasteiger charge is 2.39. The third kappa shape index (κ3) is 2.12. The summed E-state index contributed by atoms with van der Waals surface area (Å²) in [5, 5.41) is 3.32. The zero-order valence-corrected chi connectivity index (χ0v) is 6.85. The minimum absolute atomic E-state index is 0.0288. The first-order valence-electron chi connectivity index (χ1n) is 3.71. The van der Waals surface area contributed by atoms with Crippen molar-refractivity contribution < 1.29 is 4.74 Å². The average molecular weight is 141 g/mol. The van der Waals surface area contributed by atoms with Crippen molar-refractivity contribution in [1.82, 2.24) is 5.32 Å². The summed E-state index contributed by atoms with van der Waals surface area (Å²) in [6.45, 7) is 7.04. The molecule has 0 bridgehead atoms. The van der Waals surface area contributed by atoms with E-state index in [-0.39, 0.29) is 5.72 Å². The molecule has 0 amide bonds. The van der Waals surface area contributed by atoms with Crippen LogP contribution in [0.3, 0.4) is 0 Å². The van der Waals surface area contributed by atoms with Crippen molar-refractivity contribution >= 4 is 0 Å². The number of hydrogen-bond acceptors (Lipinski definition) is 2. The van der Waals surface area contributed by atoms with Gasteiger partial charge in [0.2, 0.25) is 0 Å². The highest BCUT2D eigenvalue weighted by molar-refractivity contribution is 4.95.